The van der Waals surface area contributed by atoms with Crippen molar-refractivity contribution in [1.29, 1.82) is 0 Å². The highest BCUT2D eigenvalue weighted by Gasteiger charge is 2.37. The van der Waals surface area contributed by atoms with E-state index in [1.165, 1.54) is 0 Å². The highest BCUT2D eigenvalue weighted by Crippen LogP contribution is 2.42. The van der Waals surface area contributed by atoms with Gasteiger partial charge in [0.2, 0.25) is 0 Å². The molecule has 0 amide bonds. The van der Waals surface area contributed by atoms with Gasteiger partial charge in [0.25, 0.3) is 0 Å². The molecule has 0 aliphatic heterocycles. The SMILES string of the molecule is COc1ccc(C(OCc2cccc(CN=C=S)c2)(c2ccccc2)c2ccc(OC)cc2)cc1. The van der Waals surface area contributed by atoms with E-state index in [2.05, 4.69) is 58.7 Å². The molecule has 4 rings (SSSR count). The molecule has 4 aromatic carbocycles. The number of ether oxygens (including phenoxy) is 3. The molecule has 0 aliphatic carbocycles. The molecule has 4 aromatic rings. The number of isothiocyanates is 1. The van der Waals surface area contributed by atoms with Crippen LogP contribution in [-0.2, 0) is 23.5 Å². The summed E-state index contributed by atoms with van der Waals surface area (Å²) in [5.74, 6) is 1.58. The number of nitrogens with zero attached hydrogens (tertiary/aromatic N) is 1. The van der Waals surface area contributed by atoms with Crippen LogP contribution in [-0.4, -0.2) is 19.4 Å². The number of rotatable bonds is 10. The third-order valence-corrected chi connectivity index (χ3v) is 6.08. The molecule has 0 unspecified atom stereocenters. The van der Waals surface area contributed by atoms with Gasteiger partial charge >= 0.3 is 0 Å². The largest absolute Gasteiger partial charge is 0.497 e. The molecular formula is C30H27NO3S. The summed E-state index contributed by atoms with van der Waals surface area (Å²) < 4.78 is 17.8. The van der Waals surface area contributed by atoms with Crippen molar-refractivity contribution in [3.8, 4) is 11.5 Å². The molecule has 0 spiro atoms. The maximum atomic E-state index is 6.93. The molecule has 0 saturated carbocycles. The Labute approximate surface area is 211 Å². The fraction of sp³-hybridized carbons (Fsp3) is 0.167. The maximum Gasteiger partial charge on any atom is 0.144 e. The average Bonchev–Trinajstić information content (AvgIpc) is 2.93. The topological polar surface area (TPSA) is 40.0 Å². The average molecular weight is 482 g/mol. The van der Waals surface area contributed by atoms with E-state index in [1.54, 1.807) is 14.2 Å². The Kier molecular flexibility index (Phi) is 8.07. The maximum absolute atomic E-state index is 6.93. The highest BCUT2D eigenvalue weighted by atomic mass is 32.1. The Bertz CT molecular complexity index is 1230. The number of benzene rings is 4. The fourth-order valence-corrected chi connectivity index (χ4v) is 4.27. The lowest BCUT2D eigenvalue weighted by Gasteiger charge is -2.36. The molecular weight excluding hydrogens is 454 g/mol. The van der Waals surface area contributed by atoms with Crippen LogP contribution < -0.4 is 9.47 Å². The first-order valence-corrected chi connectivity index (χ1v) is 11.7. The van der Waals surface area contributed by atoms with Crippen molar-refractivity contribution in [3.63, 3.8) is 0 Å². The summed E-state index contributed by atoms with van der Waals surface area (Å²) in [7, 11) is 3.33. The van der Waals surface area contributed by atoms with Crippen molar-refractivity contribution in [2.75, 3.05) is 14.2 Å². The zero-order valence-electron chi connectivity index (χ0n) is 19.8. The van der Waals surface area contributed by atoms with Gasteiger partial charge < -0.3 is 14.2 Å². The smallest absolute Gasteiger partial charge is 0.144 e. The predicted octanol–water partition coefficient (Wildman–Crippen LogP) is 6.82. The number of thiocarbonyl (C=S) groups is 1. The van der Waals surface area contributed by atoms with Crippen LogP contribution in [0, 0.1) is 0 Å². The van der Waals surface area contributed by atoms with Crippen molar-refractivity contribution in [1.82, 2.24) is 0 Å². The molecule has 0 aliphatic rings. The summed E-state index contributed by atoms with van der Waals surface area (Å²) in [5.41, 5.74) is 4.26. The molecule has 35 heavy (non-hydrogen) atoms. The minimum atomic E-state index is -0.859. The van der Waals surface area contributed by atoms with Crippen LogP contribution in [0.25, 0.3) is 0 Å². The molecule has 0 aromatic heterocycles. The summed E-state index contributed by atoms with van der Waals surface area (Å²) >= 11 is 4.72. The minimum Gasteiger partial charge on any atom is -0.497 e. The lowest BCUT2D eigenvalue weighted by molar-refractivity contribution is 0.000169. The van der Waals surface area contributed by atoms with Crippen molar-refractivity contribution >= 4 is 17.4 Å². The molecule has 0 saturated heterocycles. The van der Waals surface area contributed by atoms with E-state index in [9.17, 15) is 0 Å². The van der Waals surface area contributed by atoms with Crippen molar-refractivity contribution in [2.24, 2.45) is 4.99 Å². The van der Waals surface area contributed by atoms with Crippen LogP contribution >= 0.6 is 12.2 Å². The Morgan fingerprint density at radius 2 is 1.23 bits per heavy atom. The highest BCUT2D eigenvalue weighted by molar-refractivity contribution is 7.78. The second-order valence-electron chi connectivity index (χ2n) is 8.02. The van der Waals surface area contributed by atoms with Crippen LogP contribution in [0.15, 0.2) is 108 Å². The van der Waals surface area contributed by atoms with Gasteiger partial charge in [0, 0.05) is 0 Å². The van der Waals surface area contributed by atoms with Crippen LogP contribution in [0.5, 0.6) is 11.5 Å². The molecule has 0 N–H and O–H groups in total. The monoisotopic (exact) mass is 481 g/mol. The first-order chi connectivity index (χ1) is 17.2. The fourth-order valence-electron chi connectivity index (χ4n) is 4.21. The van der Waals surface area contributed by atoms with E-state index in [1.807, 2.05) is 54.6 Å². The normalized spacial score (nSPS) is 10.9. The molecule has 176 valence electrons. The molecule has 5 heteroatoms. The van der Waals surface area contributed by atoms with E-state index in [0.717, 1.165) is 39.3 Å². The molecule has 4 nitrogen and oxygen atoms in total. The first-order valence-electron chi connectivity index (χ1n) is 11.3. The number of aliphatic imine (C=N–C) groups is 1. The third kappa shape index (κ3) is 5.50. The number of methoxy groups -OCH3 is 2. The lowest BCUT2D eigenvalue weighted by Crippen LogP contribution is -2.32. The van der Waals surface area contributed by atoms with E-state index < -0.39 is 5.60 Å². The first kappa shape index (κ1) is 24.4. The van der Waals surface area contributed by atoms with Gasteiger partial charge in [0.05, 0.1) is 32.5 Å². The van der Waals surface area contributed by atoms with Gasteiger partial charge in [-0.25, -0.2) is 4.99 Å². The molecule has 0 fully saturated rings. The molecule has 0 bridgehead atoms. The standard InChI is InChI=1S/C30H27NO3S/c1-32-28-15-11-26(12-16-28)30(25-9-4-3-5-10-25,27-13-17-29(33-2)18-14-27)34-21-24-8-6-7-23(19-24)20-31-22-35/h3-19H,20-21H2,1-2H3. The van der Waals surface area contributed by atoms with Gasteiger partial charge in [-0.05, 0) is 64.3 Å². The Morgan fingerprint density at radius 3 is 1.77 bits per heavy atom. The lowest BCUT2D eigenvalue weighted by atomic mass is 9.80. The van der Waals surface area contributed by atoms with Gasteiger partial charge in [-0.1, -0.05) is 78.9 Å². The van der Waals surface area contributed by atoms with E-state index >= 15 is 0 Å². The molecule has 0 heterocycles. The summed E-state index contributed by atoms with van der Waals surface area (Å²) in [6.07, 6.45) is 0. The van der Waals surface area contributed by atoms with Crippen molar-refractivity contribution < 1.29 is 14.2 Å². The van der Waals surface area contributed by atoms with Crippen molar-refractivity contribution in [3.05, 3.63) is 131 Å². The van der Waals surface area contributed by atoms with Crippen LogP contribution in [0.2, 0.25) is 0 Å². The molecule has 0 atom stereocenters. The summed E-state index contributed by atoms with van der Waals surface area (Å²) in [4.78, 5) is 4.07. The second kappa shape index (κ2) is 11.6. The van der Waals surface area contributed by atoms with Gasteiger partial charge in [-0.15, -0.1) is 0 Å². The van der Waals surface area contributed by atoms with Gasteiger partial charge in [0.15, 0.2) is 0 Å². The summed E-state index contributed by atoms with van der Waals surface area (Å²) in [6, 6.07) is 34.5. The van der Waals surface area contributed by atoms with E-state index in [-0.39, 0.29) is 0 Å². The van der Waals surface area contributed by atoms with Crippen LogP contribution in [0.3, 0.4) is 0 Å². The minimum absolute atomic E-state index is 0.391. The zero-order chi connectivity index (χ0) is 24.5. The van der Waals surface area contributed by atoms with Gasteiger partial charge in [0.1, 0.15) is 17.1 Å². The van der Waals surface area contributed by atoms with Crippen LogP contribution in [0.1, 0.15) is 27.8 Å². The van der Waals surface area contributed by atoms with E-state index in [0.29, 0.717) is 13.2 Å². The predicted molar refractivity (Wildman–Crippen MR) is 142 cm³/mol. The quantitative estimate of drug-likeness (QED) is 0.142. The Morgan fingerprint density at radius 1 is 0.686 bits per heavy atom. The Hall–Kier alpha value is -3.76. The van der Waals surface area contributed by atoms with Gasteiger partial charge in [-0.2, -0.15) is 0 Å². The number of hydrogen-bond acceptors (Lipinski definition) is 5. The second-order valence-corrected chi connectivity index (χ2v) is 8.20. The van der Waals surface area contributed by atoms with Gasteiger partial charge in [-0.3, -0.25) is 0 Å². The molecule has 0 radical (unpaired) electrons. The van der Waals surface area contributed by atoms with Crippen LogP contribution in [0.4, 0.5) is 0 Å². The number of hydrogen-bond donors (Lipinski definition) is 0. The third-order valence-electron chi connectivity index (χ3n) is 5.95. The summed E-state index contributed by atoms with van der Waals surface area (Å²) in [5, 5.41) is 2.43. The van der Waals surface area contributed by atoms with Crippen molar-refractivity contribution in [2.45, 2.75) is 18.8 Å². The summed E-state index contributed by atoms with van der Waals surface area (Å²) in [6.45, 7) is 0.889. The Balaban J connectivity index is 1.84. The zero-order valence-corrected chi connectivity index (χ0v) is 20.6. The van der Waals surface area contributed by atoms with E-state index in [4.69, 9.17) is 26.4 Å².